The zero-order valence-corrected chi connectivity index (χ0v) is 24.3. The summed E-state index contributed by atoms with van der Waals surface area (Å²) >= 11 is 1.35. The molecule has 1 unspecified atom stereocenters. The van der Waals surface area contributed by atoms with Gasteiger partial charge in [0.1, 0.15) is 22.2 Å². The number of hydrogen-bond donors (Lipinski definition) is 3. The van der Waals surface area contributed by atoms with Crippen molar-refractivity contribution in [1.82, 2.24) is 24.7 Å². The molecule has 1 aliphatic carbocycles. The highest BCUT2D eigenvalue weighted by Crippen LogP contribution is 2.43. The van der Waals surface area contributed by atoms with E-state index < -0.39 is 21.4 Å². The molecule has 5 aromatic rings. The number of thiazole rings is 1. The third kappa shape index (κ3) is 5.29. The van der Waals surface area contributed by atoms with Crippen molar-refractivity contribution in [1.29, 1.82) is 0 Å². The van der Waals surface area contributed by atoms with Gasteiger partial charge in [-0.2, -0.15) is 5.10 Å². The third-order valence-electron chi connectivity index (χ3n) is 7.07. The fourth-order valence-electron chi connectivity index (χ4n) is 5.08. The van der Waals surface area contributed by atoms with Crippen LogP contribution in [0.2, 0.25) is 0 Å². The quantitative estimate of drug-likeness (QED) is 0.242. The lowest BCUT2D eigenvalue weighted by Crippen LogP contribution is -2.32. The van der Waals surface area contributed by atoms with Gasteiger partial charge in [0, 0.05) is 30.9 Å². The second kappa shape index (κ2) is 10.4. The molecule has 1 aromatic carbocycles. The molecule has 0 saturated carbocycles. The van der Waals surface area contributed by atoms with E-state index in [4.69, 9.17) is 4.98 Å². The minimum atomic E-state index is -3.43. The number of aromatic carboxylic acids is 1. The maximum atomic E-state index is 11.8. The molecule has 0 saturated heterocycles. The van der Waals surface area contributed by atoms with Crippen molar-refractivity contribution in [2.75, 3.05) is 11.6 Å². The average Bonchev–Trinajstić information content (AvgIpc) is 3.64. The Kier molecular flexibility index (Phi) is 6.87. The van der Waals surface area contributed by atoms with Gasteiger partial charge >= 0.3 is 5.97 Å². The maximum absolute atomic E-state index is 11.8. The Morgan fingerprint density at radius 2 is 1.93 bits per heavy atom. The summed E-state index contributed by atoms with van der Waals surface area (Å²) < 4.78 is 25.1. The summed E-state index contributed by atoms with van der Waals surface area (Å²) in [5, 5.41) is 29.0. The molecule has 11 nitrogen and oxygen atoms in total. The molecule has 6 rings (SSSR count). The van der Waals surface area contributed by atoms with Crippen molar-refractivity contribution < 1.29 is 23.4 Å². The van der Waals surface area contributed by atoms with E-state index in [0.29, 0.717) is 52.9 Å². The van der Waals surface area contributed by atoms with Crippen molar-refractivity contribution in [3.63, 3.8) is 0 Å². The Morgan fingerprint density at radius 1 is 1.10 bits per heavy atom. The molecular weight excluding hydrogens is 576 g/mol. The number of anilines is 2. The van der Waals surface area contributed by atoms with E-state index in [9.17, 15) is 23.4 Å². The number of rotatable bonds is 7. The molecule has 0 bridgehead atoms. The number of carbonyl (C=O) groups is 1. The number of pyridine rings is 2. The number of benzene rings is 1. The van der Waals surface area contributed by atoms with E-state index in [0.717, 1.165) is 22.3 Å². The van der Waals surface area contributed by atoms with Crippen LogP contribution in [0.1, 0.15) is 44.9 Å². The largest absolute Gasteiger partial charge is 0.478 e. The van der Waals surface area contributed by atoms with E-state index in [1.807, 2.05) is 19.1 Å². The van der Waals surface area contributed by atoms with Crippen LogP contribution in [0, 0.1) is 6.92 Å². The predicted molar refractivity (Wildman–Crippen MR) is 157 cm³/mol. The number of sulfone groups is 1. The van der Waals surface area contributed by atoms with Gasteiger partial charge in [-0.15, -0.1) is 11.3 Å². The van der Waals surface area contributed by atoms with Crippen LogP contribution >= 0.6 is 11.3 Å². The Bertz CT molecular complexity index is 1950. The summed E-state index contributed by atoms with van der Waals surface area (Å²) in [4.78, 5) is 25.9. The van der Waals surface area contributed by atoms with Gasteiger partial charge in [-0.3, -0.25) is 0 Å². The lowest BCUT2D eigenvalue weighted by molar-refractivity contribution is 0.0607. The van der Waals surface area contributed by atoms with Crippen molar-refractivity contribution in [3.8, 4) is 16.3 Å². The molecule has 3 N–H and O–H groups in total. The molecule has 0 spiro atoms. The number of fused-ring (bicyclic) bond motifs is 1. The van der Waals surface area contributed by atoms with Crippen LogP contribution in [0.4, 0.5) is 11.6 Å². The standard InChI is InChI=1S/C29H26N6O5S2/c1-17-12-22(23-16-31-28(41-23)29(38)9-3-4-18-14-19(27(36)37)5-6-21(18)29)32-25(13-17)33-24-15-20(7-10-30-24)35-11-8-26(34-35)42(2,39)40/h5-8,10-16,38H,3-4,9H2,1-2H3,(H,36,37)(H,30,32,33). The molecule has 42 heavy (non-hydrogen) atoms. The SMILES string of the molecule is Cc1cc(Nc2cc(-n3ccc(S(C)(=O)=O)n3)ccn2)nc(-c2cnc(C3(O)CCCc4cc(C(=O)O)ccc43)s2)c1. The van der Waals surface area contributed by atoms with Gasteiger partial charge in [-0.25, -0.2) is 32.8 Å². The van der Waals surface area contributed by atoms with Crippen molar-refractivity contribution >= 4 is 38.8 Å². The number of aliphatic hydroxyl groups is 1. The molecule has 4 heterocycles. The molecule has 13 heteroatoms. The molecule has 214 valence electrons. The lowest BCUT2D eigenvalue weighted by atomic mass is 9.79. The summed E-state index contributed by atoms with van der Waals surface area (Å²) in [6.07, 6.45) is 7.85. The molecule has 0 radical (unpaired) electrons. The first-order chi connectivity index (χ1) is 20.0. The first kappa shape index (κ1) is 27.7. The highest BCUT2D eigenvalue weighted by atomic mass is 32.2. The van der Waals surface area contributed by atoms with Crippen LogP contribution in [0.25, 0.3) is 16.3 Å². The number of aryl methyl sites for hydroxylation is 2. The van der Waals surface area contributed by atoms with Gasteiger partial charge < -0.3 is 15.5 Å². The molecule has 0 aliphatic heterocycles. The van der Waals surface area contributed by atoms with Crippen LogP contribution in [0.3, 0.4) is 0 Å². The van der Waals surface area contributed by atoms with E-state index >= 15 is 0 Å². The smallest absolute Gasteiger partial charge is 0.335 e. The third-order valence-corrected chi connectivity index (χ3v) is 9.22. The second-order valence-corrected chi connectivity index (χ2v) is 13.2. The number of hydrogen-bond acceptors (Lipinski definition) is 10. The molecular formula is C29H26N6O5S2. The zero-order valence-electron chi connectivity index (χ0n) is 22.6. The predicted octanol–water partition coefficient (Wildman–Crippen LogP) is 4.51. The van der Waals surface area contributed by atoms with Crippen LogP contribution < -0.4 is 5.32 Å². The molecule has 0 amide bonds. The fourth-order valence-corrected chi connectivity index (χ4v) is 6.63. The van der Waals surface area contributed by atoms with Crippen molar-refractivity contribution in [2.45, 2.75) is 36.8 Å². The Morgan fingerprint density at radius 3 is 2.69 bits per heavy atom. The Labute approximate surface area is 245 Å². The van der Waals surface area contributed by atoms with Crippen LogP contribution in [-0.2, 0) is 21.9 Å². The normalized spacial score (nSPS) is 16.6. The monoisotopic (exact) mass is 602 g/mol. The van der Waals surface area contributed by atoms with Crippen molar-refractivity contribution in [2.24, 2.45) is 0 Å². The van der Waals surface area contributed by atoms with Crippen LogP contribution in [0.5, 0.6) is 0 Å². The van der Waals surface area contributed by atoms with Gasteiger partial charge in [0.05, 0.1) is 21.8 Å². The summed E-state index contributed by atoms with van der Waals surface area (Å²) in [5.74, 6) is 0.0411. The van der Waals surface area contributed by atoms with Gasteiger partial charge in [0.25, 0.3) is 0 Å². The maximum Gasteiger partial charge on any atom is 0.335 e. The minimum Gasteiger partial charge on any atom is -0.478 e. The van der Waals surface area contributed by atoms with E-state index in [1.54, 1.807) is 42.9 Å². The molecule has 1 atom stereocenters. The number of carboxylic acids is 1. The van der Waals surface area contributed by atoms with E-state index in [2.05, 4.69) is 20.4 Å². The van der Waals surface area contributed by atoms with Crippen molar-refractivity contribution in [3.05, 3.63) is 94.4 Å². The van der Waals surface area contributed by atoms with Crippen LogP contribution in [-0.4, -0.2) is 55.6 Å². The van der Waals surface area contributed by atoms with Gasteiger partial charge in [0.2, 0.25) is 0 Å². The topological polar surface area (TPSA) is 160 Å². The summed E-state index contributed by atoms with van der Waals surface area (Å²) in [7, 11) is -3.43. The first-order valence-corrected chi connectivity index (χ1v) is 15.7. The number of nitrogens with one attached hydrogen (secondary N) is 1. The number of carboxylic acid groups (broad SMARTS) is 1. The van der Waals surface area contributed by atoms with Gasteiger partial charge in [-0.1, -0.05) is 6.07 Å². The average molecular weight is 603 g/mol. The van der Waals surface area contributed by atoms with Gasteiger partial charge in [-0.05, 0) is 79.3 Å². The molecule has 4 aromatic heterocycles. The van der Waals surface area contributed by atoms with Crippen LogP contribution in [0.15, 0.2) is 72.1 Å². The molecule has 0 fully saturated rings. The summed E-state index contributed by atoms with van der Waals surface area (Å²) in [5.41, 5.74) is 2.63. The first-order valence-electron chi connectivity index (χ1n) is 13.0. The number of aromatic nitrogens is 5. The lowest BCUT2D eigenvalue weighted by Gasteiger charge is -2.33. The highest BCUT2D eigenvalue weighted by Gasteiger charge is 2.39. The Hall–Kier alpha value is -4.46. The summed E-state index contributed by atoms with van der Waals surface area (Å²) in [6.45, 7) is 1.95. The van der Waals surface area contributed by atoms with E-state index in [1.165, 1.54) is 28.2 Å². The number of nitrogens with zero attached hydrogens (tertiary/aromatic N) is 5. The Balaban J connectivity index is 1.28. The van der Waals surface area contributed by atoms with Gasteiger partial charge in [0.15, 0.2) is 14.9 Å². The molecule has 1 aliphatic rings. The minimum absolute atomic E-state index is 0.0193. The zero-order chi connectivity index (χ0) is 29.6. The fraction of sp³-hybridized carbons (Fsp3) is 0.207. The second-order valence-electron chi connectivity index (χ2n) is 10.2. The highest BCUT2D eigenvalue weighted by molar-refractivity contribution is 7.90. The summed E-state index contributed by atoms with van der Waals surface area (Å²) in [6, 6.07) is 13.5. The van der Waals surface area contributed by atoms with E-state index in [-0.39, 0.29) is 10.6 Å².